The van der Waals surface area contributed by atoms with Gasteiger partial charge >= 0.3 is 0 Å². The molecule has 0 radical (unpaired) electrons. The van der Waals surface area contributed by atoms with Crippen molar-refractivity contribution in [3.63, 3.8) is 0 Å². The first kappa shape index (κ1) is 13.8. The molecule has 1 heterocycles. The third-order valence-electron chi connectivity index (χ3n) is 3.29. The lowest BCUT2D eigenvalue weighted by molar-refractivity contribution is -0.117. The second kappa shape index (κ2) is 6.54. The Labute approximate surface area is 113 Å². The molecule has 3 N–H and O–H groups in total. The molecular formula is C14H21N3O2. The second-order valence-electron chi connectivity index (χ2n) is 4.89. The van der Waals surface area contributed by atoms with E-state index < -0.39 is 0 Å². The summed E-state index contributed by atoms with van der Waals surface area (Å²) in [6.07, 6.45) is 2.10. The number of nitrogens with zero attached hydrogens (tertiary/aromatic N) is 1. The van der Waals surface area contributed by atoms with Crippen LogP contribution in [0.15, 0.2) is 24.3 Å². The number of carbonyl (C=O) groups excluding carboxylic acids is 1. The van der Waals surface area contributed by atoms with Crippen LogP contribution in [0.5, 0.6) is 5.75 Å². The molecule has 19 heavy (non-hydrogen) atoms. The number of methoxy groups -OCH3 is 1. The number of ether oxygens (including phenoxy) is 1. The number of piperidine rings is 1. The highest BCUT2D eigenvalue weighted by Gasteiger charge is 2.19. The summed E-state index contributed by atoms with van der Waals surface area (Å²) >= 11 is 0. The fraction of sp³-hybridized carbons (Fsp3) is 0.500. The van der Waals surface area contributed by atoms with E-state index in [0.717, 1.165) is 25.9 Å². The monoisotopic (exact) mass is 263 g/mol. The van der Waals surface area contributed by atoms with E-state index in [2.05, 4.69) is 10.2 Å². The number of hydrogen-bond donors (Lipinski definition) is 2. The first-order valence-corrected chi connectivity index (χ1v) is 6.60. The maximum atomic E-state index is 12.0. The highest BCUT2D eigenvalue weighted by molar-refractivity contribution is 5.93. The van der Waals surface area contributed by atoms with Gasteiger partial charge in [0.2, 0.25) is 5.91 Å². The molecule has 104 valence electrons. The number of amides is 1. The van der Waals surface area contributed by atoms with Crippen LogP contribution in [-0.2, 0) is 4.79 Å². The van der Waals surface area contributed by atoms with Gasteiger partial charge in [0, 0.05) is 12.6 Å². The molecule has 0 aliphatic carbocycles. The van der Waals surface area contributed by atoms with E-state index in [9.17, 15) is 4.79 Å². The average Bonchev–Trinajstić information content (AvgIpc) is 2.39. The molecule has 1 aliphatic heterocycles. The van der Waals surface area contributed by atoms with E-state index in [1.165, 1.54) is 0 Å². The standard InChI is InChI=1S/C14H21N3O2/c1-19-13-7-3-2-6-12(13)16-14(18)10-17-8-4-5-11(15)9-17/h2-3,6-7,11H,4-5,8-10,15H2,1H3,(H,16,18)/t11-/m1/s1. The quantitative estimate of drug-likeness (QED) is 0.852. The lowest BCUT2D eigenvalue weighted by Gasteiger charge is -2.30. The molecule has 0 saturated carbocycles. The molecular weight excluding hydrogens is 242 g/mol. The van der Waals surface area contributed by atoms with Crippen LogP contribution in [0, 0.1) is 0 Å². The van der Waals surface area contributed by atoms with Gasteiger partial charge in [-0.3, -0.25) is 9.69 Å². The Morgan fingerprint density at radius 2 is 2.32 bits per heavy atom. The summed E-state index contributed by atoms with van der Waals surface area (Å²) in [4.78, 5) is 14.1. The minimum atomic E-state index is -0.0291. The van der Waals surface area contributed by atoms with Crippen molar-refractivity contribution in [1.82, 2.24) is 4.90 Å². The maximum absolute atomic E-state index is 12.0. The fourth-order valence-electron chi connectivity index (χ4n) is 2.38. The topological polar surface area (TPSA) is 67.6 Å². The van der Waals surface area contributed by atoms with Crippen LogP contribution in [0.2, 0.25) is 0 Å². The van der Waals surface area contributed by atoms with Gasteiger partial charge in [0.25, 0.3) is 0 Å². The maximum Gasteiger partial charge on any atom is 0.238 e. The Hall–Kier alpha value is -1.59. The Bertz CT molecular complexity index is 436. The van der Waals surface area contributed by atoms with Gasteiger partial charge in [-0.2, -0.15) is 0 Å². The third kappa shape index (κ3) is 3.94. The van der Waals surface area contributed by atoms with Crippen molar-refractivity contribution in [2.45, 2.75) is 18.9 Å². The number of rotatable bonds is 4. The third-order valence-corrected chi connectivity index (χ3v) is 3.29. The van der Waals surface area contributed by atoms with Crippen molar-refractivity contribution in [2.75, 3.05) is 32.1 Å². The zero-order chi connectivity index (χ0) is 13.7. The SMILES string of the molecule is COc1ccccc1NC(=O)CN1CCC[C@@H](N)C1. The summed E-state index contributed by atoms with van der Waals surface area (Å²) in [5, 5.41) is 2.88. The van der Waals surface area contributed by atoms with E-state index in [0.29, 0.717) is 18.0 Å². The van der Waals surface area contributed by atoms with Gasteiger partial charge in [-0.05, 0) is 31.5 Å². The molecule has 0 bridgehead atoms. The lowest BCUT2D eigenvalue weighted by atomic mass is 10.1. The smallest absolute Gasteiger partial charge is 0.238 e. The lowest BCUT2D eigenvalue weighted by Crippen LogP contribution is -2.45. The zero-order valence-electron chi connectivity index (χ0n) is 11.3. The predicted molar refractivity (Wildman–Crippen MR) is 75.3 cm³/mol. The first-order valence-electron chi connectivity index (χ1n) is 6.60. The van der Waals surface area contributed by atoms with Crippen LogP contribution in [0.3, 0.4) is 0 Å². The zero-order valence-corrected chi connectivity index (χ0v) is 11.3. The minimum Gasteiger partial charge on any atom is -0.495 e. The normalized spacial score (nSPS) is 20.0. The van der Waals surface area contributed by atoms with Crippen LogP contribution in [0.25, 0.3) is 0 Å². The number of nitrogens with two attached hydrogens (primary N) is 1. The molecule has 1 atom stereocenters. The number of anilines is 1. The molecule has 5 nitrogen and oxygen atoms in total. The van der Waals surface area contributed by atoms with Gasteiger partial charge in [-0.15, -0.1) is 0 Å². The van der Waals surface area contributed by atoms with Gasteiger partial charge in [-0.25, -0.2) is 0 Å². The van der Waals surface area contributed by atoms with E-state index in [1.54, 1.807) is 7.11 Å². The fourth-order valence-corrected chi connectivity index (χ4v) is 2.38. The minimum absolute atomic E-state index is 0.0291. The summed E-state index contributed by atoms with van der Waals surface area (Å²) in [6, 6.07) is 7.59. The van der Waals surface area contributed by atoms with Gasteiger partial charge in [0.1, 0.15) is 5.75 Å². The molecule has 0 unspecified atom stereocenters. The van der Waals surface area contributed by atoms with Crippen LogP contribution in [0.1, 0.15) is 12.8 Å². The molecule has 1 amide bonds. The largest absolute Gasteiger partial charge is 0.495 e. The van der Waals surface area contributed by atoms with Crippen molar-refractivity contribution < 1.29 is 9.53 Å². The number of para-hydroxylation sites is 2. The van der Waals surface area contributed by atoms with Crippen molar-refractivity contribution in [1.29, 1.82) is 0 Å². The molecule has 1 aromatic carbocycles. The highest BCUT2D eigenvalue weighted by Crippen LogP contribution is 2.22. The van der Waals surface area contributed by atoms with Gasteiger partial charge in [0.15, 0.2) is 0 Å². The van der Waals surface area contributed by atoms with E-state index in [-0.39, 0.29) is 11.9 Å². The predicted octanol–water partition coefficient (Wildman–Crippen LogP) is 1.06. The molecule has 0 spiro atoms. The van der Waals surface area contributed by atoms with Crippen LogP contribution in [0.4, 0.5) is 5.69 Å². The first-order chi connectivity index (χ1) is 9.19. The molecule has 0 aromatic heterocycles. The average molecular weight is 263 g/mol. The molecule has 2 rings (SSSR count). The Morgan fingerprint density at radius 1 is 1.53 bits per heavy atom. The summed E-state index contributed by atoms with van der Waals surface area (Å²) in [5.74, 6) is 0.643. The van der Waals surface area contributed by atoms with Crippen molar-refractivity contribution in [3.05, 3.63) is 24.3 Å². The molecule has 1 aliphatic rings. The Balaban J connectivity index is 1.90. The molecule has 1 saturated heterocycles. The number of likely N-dealkylation sites (tertiary alicyclic amines) is 1. The number of carbonyl (C=O) groups is 1. The summed E-state index contributed by atoms with van der Waals surface area (Å²) in [5.41, 5.74) is 6.61. The summed E-state index contributed by atoms with van der Waals surface area (Å²) in [6.45, 7) is 2.11. The van der Waals surface area contributed by atoms with Crippen molar-refractivity contribution >= 4 is 11.6 Å². The van der Waals surface area contributed by atoms with Crippen LogP contribution in [-0.4, -0.2) is 43.6 Å². The summed E-state index contributed by atoms with van der Waals surface area (Å²) < 4.78 is 5.20. The van der Waals surface area contributed by atoms with Crippen LogP contribution >= 0.6 is 0 Å². The summed E-state index contributed by atoms with van der Waals surface area (Å²) in [7, 11) is 1.59. The molecule has 1 aromatic rings. The molecule has 5 heteroatoms. The molecule has 1 fully saturated rings. The van der Waals surface area contributed by atoms with Crippen molar-refractivity contribution in [2.24, 2.45) is 5.73 Å². The number of nitrogens with one attached hydrogen (secondary N) is 1. The van der Waals surface area contributed by atoms with Crippen molar-refractivity contribution in [3.8, 4) is 5.75 Å². The second-order valence-corrected chi connectivity index (χ2v) is 4.89. The van der Waals surface area contributed by atoms with E-state index in [1.807, 2.05) is 24.3 Å². The highest BCUT2D eigenvalue weighted by atomic mass is 16.5. The van der Waals surface area contributed by atoms with Crippen LogP contribution < -0.4 is 15.8 Å². The Kier molecular flexibility index (Phi) is 4.76. The van der Waals surface area contributed by atoms with Gasteiger partial charge < -0.3 is 15.8 Å². The van der Waals surface area contributed by atoms with Gasteiger partial charge in [0.05, 0.1) is 19.3 Å². The van der Waals surface area contributed by atoms with E-state index >= 15 is 0 Å². The van der Waals surface area contributed by atoms with E-state index in [4.69, 9.17) is 10.5 Å². The van der Waals surface area contributed by atoms with Gasteiger partial charge in [-0.1, -0.05) is 12.1 Å². The number of benzene rings is 1. The number of hydrogen-bond acceptors (Lipinski definition) is 4. The Morgan fingerprint density at radius 3 is 3.05 bits per heavy atom.